The monoisotopic (exact) mass is 267 g/mol. The third-order valence-corrected chi connectivity index (χ3v) is 2.63. The number of ether oxygens (including phenoxy) is 2. The van der Waals surface area contributed by atoms with Crippen LogP contribution in [-0.4, -0.2) is 37.4 Å². The fourth-order valence-electron chi connectivity index (χ4n) is 1.53. The predicted molar refractivity (Wildman–Crippen MR) is 72.1 cm³/mol. The van der Waals surface area contributed by atoms with Crippen LogP contribution in [0, 0.1) is 0 Å². The van der Waals surface area contributed by atoms with Crippen LogP contribution in [0.2, 0.25) is 0 Å². The van der Waals surface area contributed by atoms with Crippen molar-refractivity contribution in [2.45, 2.75) is 26.1 Å². The molecule has 0 aliphatic heterocycles. The summed E-state index contributed by atoms with van der Waals surface area (Å²) in [5, 5.41) is 12.2. The van der Waals surface area contributed by atoms with Gasteiger partial charge in [-0.2, -0.15) is 0 Å². The molecule has 1 aromatic rings. The molecule has 1 amide bonds. The predicted octanol–water partition coefficient (Wildman–Crippen LogP) is 1.27. The van der Waals surface area contributed by atoms with E-state index in [1.165, 1.54) is 0 Å². The Balaban J connectivity index is 2.53. The molecular weight excluding hydrogens is 246 g/mol. The molecule has 0 radical (unpaired) electrons. The molecule has 0 saturated heterocycles. The van der Waals surface area contributed by atoms with E-state index in [2.05, 4.69) is 5.32 Å². The molecule has 0 fully saturated rings. The van der Waals surface area contributed by atoms with Crippen LogP contribution in [0.5, 0.6) is 5.75 Å². The van der Waals surface area contributed by atoms with Crippen molar-refractivity contribution in [1.29, 1.82) is 0 Å². The first-order valence-corrected chi connectivity index (χ1v) is 6.26. The van der Waals surface area contributed by atoms with Gasteiger partial charge in [0.2, 0.25) is 0 Å². The summed E-state index contributed by atoms with van der Waals surface area (Å²) in [5.41, 5.74) is 0.754. The average molecular weight is 267 g/mol. The van der Waals surface area contributed by atoms with E-state index in [4.69, 9.17) is 9.47 Å². The summed E-state index contributed by atoms with van der Waals surface area (Å²) in [5.74, 6) is 0.368. The van der Waals surface area contributed by atoms with Crippen molar-refractivity contribution in [2.24, 2.45) is 0 Å². The van der Waals surface area contributed by atoms with E-state index in [9.17, 15) is 9.90 Å². The second kappa shape index (κ2) is 7.76. The van der Waals surface area contributed by atoms with Gasteiger partial charge in [0.05, 0.1) is 12.7 Å². The molecule has 0 spiro atoms. The van der Waals surface area contributed by atoms with Crippen LogP contribution in [-0.2, 0) is 9.53 Å². The van der Waals surface area contributed by atoms with Gasteiger partial charge in [-0.3, -0.25) is 4.79 Å². The molecule has 1 aromatic carbocycles. The summed E-state index contributed by atoms with van der Waals surface area (Å²) >= 11 is 0. The zero-order valence-electron chi connectivity index (χ0n) is 11.6. The summed E-state index contributed by atoms with van der Waals surface area (Å²) in [7, 11) is 1.58. The van der Waals surface area contributed by atoms with E-state index in [0.717, 1.165) is 5.56 Å². The second-order valence-corrected chi connectivity index (χ2v) is 4.29. The molecular formula is C14H21NO4. The minimum absolute atomic E-state index is 0.195. The highest BCUT2D eigenvalue weighted by atomic mass is 16.5. The maximum absolute atomic E-state index is 11.7. The average Bonchev–Trinajstić information content (AvgIpc) is 2.39. The van der Waals surface area contributed by atoms with Gasteiger partial charge < -0.3 is 19.9 Å². The van der Waals surface area contributed by atoms with Crippen LogP contribution < -0.4 is 10.1 Å². The number of nitrogens with one attached hydrogen (secondary N) is 1. The minimum atomic E-state index is -0.596. The van der Waals surface area contributed by atoms with Crippen molar-refractivity contribution < 1.29 is 19.4 Å². The van der Waals surface area contributed by atoms with E-state index in [0.29, 0.717) is 18.9 Å². The second-order valence-electron chi connectivity index (χ2n) is 4.29. The van der Waals surface area contributed by atoms with Gasteiger partial charge in [-0.1, -0.05) is 12.1 Å². The lowest BCUT2D eigenvalue weighted by Gasteiger charge is -2.15. The number of carbonyl (C=O) groups is 1. The maximum atomic E-state index is 11.7. The van der Waals surface area contributed by atoms with E-state index in [1.807, 2.05) is 0 Å². The van der Waals surface area contributed by atoms with Crippen molar-refractivity contribution in [1.82, 2.24) is 5.32 Å². The largest absolute Gasteiger partial charge is 0.481 e. The fraction of sp³-hybridized carbons (Fsp3) is 0.500. The van der Waals surface area contributed by atoms with Gasteiger partial charge in [0.15, 0.2) is 6.10 Å². The van der Waals surface area contributed by atoms with Crippen molar-refractivity contribution in [3.8, 4) is 5.75 Å². The van der Waals surface area contributed by atoms with Crippen molar-refractivity contribution >= 4 is 5.91 Å². The Morgan fingerprint density at radius 1 is 1.42 bits per heavy atom. The lowest BCUT2D eigenvalue weighted by atomic mass is 10.1. The number of aliphatic hydroxyl groups is 1. The van der Waals surface area contributed by atoms with Gasteiger partial charge in [-0.15, -0.1) is 0 Å². The van der Waals surface area contributed by atoms with Crippen LogP contribution >= 0.6 is 0 Å². The number of aliphatic hydroxyl groups excluding tert-OH is 1. The highest BCUT2D eigenvalue weighted by molar-refractivity contribution is 5.80. The lowest BCUT2D eigenvalue weighted by Crippen LogP contribution is -2.37. The number of amides is 1. The summed E-state index contributed by atoms with van der Waals surface area (Å²) < 4.78 is 10.4. The van der Waals surface area contributed by atoms with E-state index < -0.39 is 12.2 Å². The molecule has 2 N–H and O–H groups in total. The normalized spacial score (nSPS) is 13.7. The van der Waals surface area contributed by atoms with Crippen LogP contribution in [0.15, 0.2) is 24.3 Å². The van der Waals surface area contributed by atoms with Crippen LogP contribution in [0.25, 0.3) is 0 Å². The summed E-state index contributed by atoms with van der Waals surface area (Å²) in [6.07, 6.45) is -1.16. The SMILES string of the molecule is COCCNC(=O)C(C)Oc1cccc([C@@H](C)O)c1. The molecule has 19 heavy (non-hydrogen) atoms. The van der Waals surface area contributed by atoms with Crippen molar-refractivity contribution in [3.05, 3.63) is 29.8 Å². The Bertz CT molecular complexity index is 406. The number of hydrogen-bond donors (Lipinski definition) is 2. The van der Waals surface area contributed by atoms with Crippen molar-refractivity contribution in [3.63, 3.8) is 0 Å². The molecule has 1 rings (SSSR count). The van der Waals surface area contributed by atoms with Gasteiger partial charge in [0.25, 0.3) is 5.91 Å². The summed E-state index contributed by atoms with van der Waals surface area (Å²) in [4.78, 5) is 11.7. The Morgan fingerprint density at radius 3 is 2.79 bits per heavy atom. The lowest BCUT2D eigenvalue weighted by molar-refractivity contribution is -0.127. The molecule has 0 heterocycles. The van der Waals surface area contributed by atoms with Gasteiger partial charge in [0.1, 0.15) is 5.75 Å². The molecule has 5 heteroatoms. The third-order valence-electron chi connectivity index (χ3n) is 2.63. The molecule has 0 aliphatic rings. The topological polar surface area (TPSA) is 67.8 Å². The zero-order valence-corrected chi connectivity index (χ0v) is 11.6. The van der Waals surface area contributed by atoms with Crippen molar-refractivity contribution in [2.75, 3.05) is 20.3 Å². The smallest absolute Gasteiger partial charge is 0.260 e. The Kier molecular flexibility index (Phi) is 6.32. The highest BCUT2D eigenvalue weighted by Crippen LogP contribution is 2.19. The first kappa shape index (κ1) is 15.5. The van der Waals surface area contributed by atoms with E-state index in [-0.39, 0.29) is 5.91 Å². The van der Waals surface area contributed by atoms with Gasteiger partial charge in [-0.25, -0.2) is 0 Å². The zero-order chi connectivity index (χ0) is 14.3. The third kappa shape index (κ3) is 5.28. The van der Waals surface area contributed by atoms with Gasteiger partial charge in [-0.05, 0) is 31.5 Å². The molecule has 0 saturated carbocycles. The Hall–Kier alpha value is -1.59. The highest BCUT2D eigenvalue weighted by Gasteiger charge is 2.14. The van der Waals surface area contributed by atoms with Crippen LogP contribution in [0.1, 0.15) is 25.5 Å². The minimum Gasteiger partial charge on any atom is -0.481 e. The Labute approximate surface area is 113 Å². The summed E-state index contributed by atoms with van der Waals surface area (Å²) in [6, 6.07) is 7.07. The Morgan fingerprint density at radius 2 is 2.16 bits per heavy atom. The van der Waals surface area contributed by atoms with Gasteiger partial charge in [0, 0.05) is 13.7 Å². The van der Waals surface area contributed by atoms with Crippen LogP contribution in [0.3, 0.4) is 0 Å². The fourth-order valence-corrected chi connectivity index (χ4v) is 1.53. The number of benzene rings is 1. The first-order valence-electron chi connectivity index (χ1n) is 6.26. The molecule has 106 valence electrons. The molecule has 0 bridgehead atoms. The van der Waals surface area contributed by atoms with E-state index in [1.54, 1.807) is 45.2 Å². The van der Waals surface area contributed by atoms with Crippen LogP contribution in [0.4, 0.5) is 0 Å². The standard InChI is InChI=1S/C14H21NO4/c1-10(16)12-5-4-6-13(9-12)19-11(2)14(17)15-7-8-18-3/h4-6,9-11,16H,7-8H2,1-3H3,(H,15,17)/t10-,11?/m1/s1. The summed E-state index contributed by atoms with van der Waals surface area (Å²) in [6.45, 7) is 4.28. The van der Waals surface area contributed by atoms with E-state index >= 15 is 0 Å². The quantitative estimate of drug-likeness (QED) is 0.730. The maximum Gasteiger partial charge on any atom is 0.260 e. The molecule has 0 aromatic heterocycles. The molecule has 2 atom stereocenters. The number of carbonyl (C=O) groups excluding carboxylic acids is 1. The number of methoxy groups -OCH3 is 1. The molecule has 0 aliphatic carbocycles. The van der Waals surface area contributed by atoms with Gasteiger partial charge >= 0.3 is 0 Å². The number of rotatable bonds is 7. The number of hydrogen-bond acceptors (Lipinski definition) is 4. The first-order chi connectivity index (χ1) is 9.04. The molecule has 5 nitrogen and oxygen atoms in total. The molecule has 1 unspecified atom stereocenters.